The molecule has 0 aliphatic carbocycles. The molecule has 21 nitrogen and oxygen atoms in total. The zero-order valence-electron chi connectivity index (χ0n) is 27.2. The average molecular weight is 822 g/mol. The second-order valence-electron chi connectivity index (χ2n) is 11.2. The average Bonchev–Trinajstić information content (AvgIpc) is 3.10. The highest BCUT2D eigenvalue weighted by molar-refractivity contribution is 14.1. The number of aliphatic imine (C=N–C) groups is 2. The van der Waals surface area contributed by atoms with Crippen LogP contribution in [0.3, 0.4) is 0 Å². The van der Waals surface area contributed by atoms with E-state index in [2.05, 4.69) is 71.0 Å². The molecule has 2 aliphatic heterocycles. The first-order chi connectivity index (χ1) is 23.9. The van der Waals surface area contributed by atoms with Gasteiger partial charge in [-0.1, -0.05) is 11.6 Å². The van der Waals surface area contributed by atoms with Crippen molar-refractivity contribution in [1.82, 2.24) is 45.5 Å². The van der Waals surface area contributed by atoms with Crippen molar-refractivity contribution in [3.05, 3.63) is 26.6 Å². The molecule has 0 spiro atoms. The Balaban J connectivity index is 1.11. The third-order valence-corrected chi connectivity index (χ3v) is 8.86. The molecular formula is C27H37ClIN19O2. The van der Waals surface area contributed by atoms with Crippen LogP contribution in [0.15, 0.2) is 16.3 Å². The van der Waals surface area contributed by atoms with Crippen molar-refractivity contribution >= 4 is 93.1 Å². The van der Waals surface area contributed by atoms with Gasteiger partial charge < -0.3 is 43.4 Å². The number of piperidine rings is 2. The number of carbonyl (C=O) groups excluding carboxylic acids is 2. The maximum Gasteiger partial charge on any atom is 0.280 e. The van der Waals surface area contributed by atoms with E-state index in [1.165, 1.54) is 6.33 Å². The number of anilines is 6. The molecule has 0 radical (unpaired) electrons. The molecule has 0 unspecified atom stereocenters. The molecule has 23 heteroatoms. The number of carbonyl (C=O) groups is 2. The maximum absolute atomic E-state index is 12.7. The van der Waals surface area contributed by atoms with Gasteiger partial charge in [-0.3, -0.25) is 20.2 Å². The van der Waals surface area contributed by atoms with Crippen LogP contribution in [0.4, 0.5) is 35.2 Å². The van der Waals surface area contributed by atoms with Gasteiger partial charge in [0.2, 0.25) is 11.9 Å². The van der Waals surface area contributed by atoms with Crippen LogP contribution in [0.2, 0.25) is 5.15 Å². The Labute approximate surface area is 305 Å². The standard InChI is InChI=1S/C27H37ClIN19O2/c1-34-20-15(40-16(28)19(31)43-20)23(50)45-25(33)39-13-5-9-48(10-6-13)27-37-11-36-26(46-27)47-7-3-12(4-8-47)38-24(32)44-22(49)14-18(30)42-21(35-2)17(29)41-14/h11-13H,3-10H2,1-2H3,(H3,30,35,42)(H3,31,34,43)(H3,32,38,44,49)(H3,33,39,45,50). The Bertz CT molecular complexity index is 1790. The molecule has 2 saturated heterocycles. The number of guanidine groups is 2. The molecule has 50 heavy (non-hydrogen) atoms. The normalized spacial score (nSPS) is 16.2. The number of amides is 2. The third kappa shape index (κ3) is 8.71. The molecule has 2 fully saturated rings. The highest BCUT2D eigenvalue weighted by Gasteiger charge is 2.26. The Morgan fingerprint density at radius 2 is 1.24 bits per heavy atom. The van der Waals surface area contributed by atoms with Crippen LogP contribution in [-0.2, 0) is 0 Å². The molecule has 5 rings (SSSR count). The van der Waals surface area contributed by atoms with E-state index in [1.54, 1.807) is 14.1 Å². The molecule has 12 N–H and O–H groups in total. The summed E-state index contributed by atoms with van der Waals surface area (Å²) in [5.74, 6) is 0.465. The minimum absolute atomic E-state index is 0.00313. The largest absolute Gasteiger partial charge is 0.382 e. The van der Waals surface area contributed by atoms with E-state index < -0.39 is 11.8 Å². The van der Waals surface area contributed by atoms with E-state index in [0.29, 0.717) is 73.3 Å². The fourth-order valence-corrected chi connectivity index (χ4v) is 6.06. The Morgan fingerprint density at radius 3 is 1.74 bits per heavy atom. The lowest BCUT2D eigenvalue weighted by atomic mass is 10.1. The number of hydrogen-bond donors (Lipinski definition) is 8. The summed E-state index contributed by atoms with van der Waals surface area (Å²) in [5, 5.41) is 10.6. The number of halogens is 2. The molecule has 5 heterocycles. The SMILES string of the molecule is CNc1nc(N)c(C(=O)NC(N)=NC2CCN(c3ncnc(N4CCC(N=C(N)NC(=O)c5nc(Cl)c(N)nc5NC)CC4)n3)CC2)nc1I. The summed E-state index contributed by atoms with van der Waals surface area (Å²) in [7, 11) is 3.26. The van der Waals surface area contributed by atoms with Crippen LogP contribution in [0, 0.1) is 3.70 Å². The number of aromatic nitrogens is 7. The summed E-state index contributed by atoms with van der Waals surface area (Å²) in [6, 6.07) is -0.232. The van der Waals surface area contributed by atoms with Crippen molar-refractivity contribution < 1.29 is 9.59 Å². The molecule has 2 aliphatic rings. The summed E-state index contributed by atoms with van der Waals surface area (Å²) in [5.41, 5.74) is 23.6. The molecule has 3 aromatic heterocycles. The lowest BCUT2D eigenvalue weighted by Gasteiger charge is -2.32. The van der Waals surface area contributed by atoms with Gasteiger partial charge in [-0.05, 0) is 48.3 Å². The summed E-state index contributed by atoms with van der Waals surface area (Å²) < 4.78 is 0.498. The van der Waals surface area contributed by atoms with Crippen molar-refractivity contribution in [2.45, 2.75) is 37.8 Å². The minimum atomic E-state index is -0.617. The Hall–Kier alpha value is -5.13. The molecule has 3 aromatic rings. The second kappa shape index (κ2) is 16.1. The first-order valence-corrected chi connectivity index (χ1v) is 16.9. The summed E-state index contributed by atoms with van der Waals surface area (Å²) in [6.45, 7) is 2.51. The van der Waals surface area contributed by atoms with Crippen molar-refractivity contribution in [3.8, 4) is 0 Å². The predicted molar refractivity (Wildman–Crippen MR) is 198 cm³/mol. The van der Waals surface area contributed by atoms with Gasteiger partial charge >= 0.3 is 0 Å². The quantitative estimate of drug-likeness (QED) is 0.0798. The van der Waals surface area contributed by atoms with Crippen LogP contribution < -0.4 is 54.0 Å². The monoisotopic (exact) mass is 821 g/mol. The lowest BCUT2D eigenvalue weighted by Crippen LogP contribution is -2.42. The summed E-state index contributed by atoms with van der Waals surface area (Å²) in [6.07, 6.45) is 4.16. The molecule has 266 valence electrons. The highest BCUT2D eigenvalue weighted by atomic mass is 127. The molecule has 0 aromatic carbocycles. The molecule has 0 saturated carbocycles. The van der Waals surface area contributed by atoms with Gasteiger partial charge in [-0.15, -0.1) is 0 Å². The number of nitrogens with zero attached hydrogens (tertiary/aromatic N) is 11. The first kappa shape index (κ1) is 36.2. The van der Waals surface area contributed by atoms with Gasteiger partial charge in [0.05, 0.1) is 12.1 Å². The predicted octanol–water partition coefficient (Wildman–Crippen LogP) is -0.616. The van der Waals surface area contributed by atoms with Crippen LogP contribution in [0.25, 0.3) is 0 Å². The number of nitrogens with two attached hydrogens (primary N) is 4. The van der Waals surface area contributed by atoms with Gasteiger partial charge in [0, 0.05) is 40.3 Å². The Morgan fingerprint density at radius 1 is 0.760 bits per heavy atom. The topological polar surface area (TPSA) is 308 Å². The van der Waals surface area contributed by atoms with Crippen LogP contribution in [0.5, 0.6) is 0 Å². The fourth-order valence-electron chi connectivity index (χ4n) is 5.30. The van der Waals surface area contributed by atoms with Crippen molar-refractivity contribution in [2.75, 3.05) is 72.2 Å². The van der Waals surface area contributed by atoms with E-state index in [-0.39, 0.29) is 58.0 Å². The van der Waals surface area contributed by atoms with Crippen LogP contribution in [0.1, 0.15) is 46.7 Å². The van der Waals surface area contributed by atoms with Gasteiger partial charge in [-0.2, -0.15) is 4.98 Å². The van der Waals surface area contributed by atoms with E-state index >= 15 is 0 Å². The van der Waals surface area contributed by atoms with Crippen molar-refractivity contribution in [3.63, 3.8) is 0 Å². The van der Waals surface area contributed by atoms with E-state index in [0.717, 1.165) is 0 Å². The van der Waals surface area contributed by atoms with E-state index in [4.69, 9.17) is 39.5 Å². The lowest BCUT2D eigenvalue weighted by molar-refractivity contribution is 0.0963. The highest BCUT2D eigenvalue weighted by Crippen LogP contribution is 2.23. The fraction of sp³-hybridized carbons (Fsp3) is 0.444. The first-order valence-electron chi connectivity index (χ1n) is 15.4. The summed E-state index contributed by atoms with van der Waals surface area (Å²) >= 11 is 7.91. The van der Waals surface area contributed by atoms with E-state index in [1.807, 2.05) is 22.6 Å². The van der Waals surface area contributed by atoms with Crippen LogP contribution in [-0.4, -0.2) is 111 Å². The second-order valence-corrected chi connectivity index (χ2v) is 12.5. The smallest absolute Gasteiger partial charge is 0.280 e. The van der Waals surface area contributed by atoms with Gasteiger partial charge in [-0.25, -0.2) is 39.9 Å². The zero-order chi connectivity index (χ0) is 35.9. The zero-order valence-corrected chi connectivity index (χ0v) is 30.1. The number of nitrogen functional groups attached to an aromatic ring is 2. The number of nitrogens with one attached hydrogen (secondary N) is 4. The third-order valence-electron chi connectivity index (χ3n) is 7.83. The summed E-state index contributed by atoms with van der Waals surface area (Å²) in [4.78, 5) is 68.4. The molecule has 2 amide bonds. The van der Waals surface area contributed by atoms with Crippen molar-refractivity contribution in [2.24, 2.45) is 21.5 Å². The van der Waals surface area contributed by atoms with Gasteiger partial charge in [0.25, 0.3) is 11.8 Å². The maximum atomic E-state index is 12.7. The van der Waals surface area contributed by atoms with E-state index in [9.17, 15) is 9.59 Å². The minimum Gasteiger partial charge on any atom is -0.382 e. The molecule has 0 atom stereocenters. The number of rotatable bonds is 8. The van der Waals surface area contributed by atoms with Crippen molar-refractivity contribution in [1.29, 1.82) is 0 Å². The number of hydrogen-bond acceptors (Lipinski definition) is 17. The van der Waals surface area contributed by atoms with Gasteiger partial charge in [0.15, 0.2) is 51.7 Å². The molecular weight excluding hydrogens is 785 g/mol. The Kier molecular flexibility index (Phi) is 11.6. The molecule has 0 bridgehead atoms. The van der Waals surface area contributed by atoms with Gasteiger partial charge in [0.1, 0.15) is 10.0 Å². The van der Waals surface area contributed by atoms with Crippen LogP contribution >= 0.6 is 34.2 Å².